The summed E-state index contributed by atoms with van der Waals surface area (Å²) in [4.78, 5) is 11.4. The largest absolute Gasteiger partial charge is 0.508 e. The molecule has 0 aromatic heterocycles. The molecule has 0 saturated heterocycles. The van der Waals surface area contributed by atoms with Crippen molar-refractivity contribution in [3.8, 4) is 5.75 Å². The van der Waals surface area contributed by atoms with Gasteiger partial charge in [0, 0.05) is 16.1 Å². The quantitative estimate of drug-likeness (QED) is 0.876. The third-order valence-electron chi connectivity index (χ3n) is 2.99. The molecule has 2 aromatic carbocycles. The highest BCUT2D eigenvalue weighted by atomic mass is 35.5. The van der Waals surface area contributed by atoms with Crippen LogP contribution in [-0.4, -0.2) is 19.3 Å². The van der Waals surface area contributed by atoms with Crippen LogP contribution in [0.3, 0.4) is 0 Å². The molecule has 0 aliphatic heterocycles. The van der Waals surface area contributed by atoms with Crippen molar-refractivity contribution >= 4 is 27.2 Å². The maximum atomic E-state index is 12.3. The zero-order chi connectivity index (χ0) is 15.6. The first-order valence-electron chi connectivity index (χ1n) is 6.11. The molecule has 110 valence electrons. The Kier molecular flexibility index (Phi) is 4.34. The highest BCUT2D eigenvalue weighted by Crippen LogP contribution is 2.25. The number of carbonyl (C=O) groups excluding carboxylic acids is 1. The van der Waals surface area contributed by atoms with E-state index in [-0.39, 0.29) is 22.0 Å². The number of ketones is 1. The lowest BCUT2D eigenvalue weighted by Crippen LogP contribution is -2.06. The molecule has 0 saturated carbocycles. The highest BCUT2D eigenvalue weighted by molar-refractivity contribution is 7.90. The van der Waals surface area contributed by atoms with E-state index in [1.165, 1.54) is 37.3 Å². The van der Waals surface area contributed by atoms with E-state index in [1.807, 2.05) is 0 Å². The SMILES string of the molecule is CC(=O)c1ccc(O)c(CS(=O)(=O)c2cccc(Cl)c2)c1. The number of rotatable bonds is 4. The van der Waals surface area contributed by atoms with Crippen LogP contribution >= 0.6 is 11.6 Å². The van der Waals surface area contributed by atoms with Gasteiger partial charge in [-0.15, -0.1) is 0 Å². The molecule has 0 atom stereocenters. The van der Waals surface area contributed by atoms with Gasteiger partial charge in [-0.25, -0.2) is 8.42 Å². The van der Waals surface area contributed by atoms with Gasteiger partial charge in [-0.2, -0.15) is 0 Å². The average Bonchev–Trinajstić information content (AvgIpc) is 2.41. The fraction of sp³-hybridized carbons (Fsp3) is 0.133. The maximum Gasteiger partial charge on any atom is 0.182 e. The molecule has 0 bridgehead atoms. The molecule has 6 heteroatoms. The molecule has 0 heterocycles. The van der Waals surface area contributed by atoms with E-state index in [4.69, 9.17) is 11.6 Å². The monoisotopic (exact) mass is 324 g/mol. The Hall–Kier alpha value is -1.85. The molecule has 0 aliphatic rings. The summed E-state index contributed by atoms with van der Waals surface area (Å²) in [6, 6.07) is 10.1. The van der Waals surface area contributed by atoms with Crippen molar-refractivity contribution in [1.29, 1.82) is 0 Å². The number of hydrogen-bond donors (Lipinski definition) is 1. The van der Waals surface area contributed by atoms with Gasteiger partial charge >= 0.3 is 0 Å². The van der Waals surface area contributed by atoms with Crippen molar-refractivity contribution in [3.63, 3.8) is 0 Å². The predicted octanol–water partition coefficient (Wildman–Crippen LogP) is 3.22. The van der Waals surface area contributed by atoms with E-state index in [2.05, 4.69) is 0 Å². The summed E-state index contributed by atoms with van der Waals surface area (Å²) in [6.45, 7) is 1.38. The zero-order valence-corrected chi connectivity index (χ0v) is 12.8. The summed E-state index contributed by atoms with van der Waals surface area (Å²) in [5.74, 6) is -0.762. The smallest absolute Gasteiger partial charge is 0.182 e. The molecule has 0 fully saturated rings. The number of aromatic hydroxyl groups is 1. The summed E-state index contributed by atoms with van der Waals surface area (Å²) < 4.78 is 24.7. The van der Waals surface area contributed by atoms with Crippen LogP contribution in [0.4, 0.5) is 0 Å². The zero-order valence-electron chi connectivity index (χ0n) is 11.2. The Morgan fingerprint density at radius 3 is 2.52 bits per heavy atom. The fourth-order valence-electron chi connectivity index (χ4n) is 1.87. The number of sulfone groups is 1. The van der Waals surface area contributed by atoms with Crippen LogP contribution in [0, 0.1) is 0 Å². The number of hydrogen-bond acceptors (Lipinski definition) is 4. The summed E-state index contributed by atoms with van der Waals surface area (Å²) in [7, 11) is -3.66. The topological polar surface area (TPSA) is 71.4 Å². The van der Waals surface area contributed by atoms with E-state index in [9.17, 15) is 18.3 Å². The van der Waals surface area contributed by atoms with Crippen LogP contribution in [-0.2, 0) is 15.6 Å². The Morgan fingerprint density at radius 1 is 1.19 bits per heavy atom. The minimum atomic E-state index is -3.66. The minimum absolute atomic E-state index is 0.0719. The van der Waals surface area contributed by atoms with E-state index >= 15 is 0 Å². The number of halogens is 1. The van der Waals surface area contributed by atoms with Gasteiger partial charge in [0.1, 0.15) is 5.75 Å². The summed E-state index contributed by atoms with van der Waals surface area (Å²) in [5, 5.41) is 10.1. The van der Waals surface area contributed by atoms with Crippen molar-refractivity contribution < 1.29 is 18.3 Å². The van der Waals surface area contributed by atoms with Crippen molar-refractivity contribution in [2.24, 2.45) is 0 Å². The number of benzene rings is 2. The van der Waals surface area contributed by atoms with Gasteiger partial charge in [0.15, 0.2) is 15.6 Å². The molecule has 0 unspecified atom stereocenters. The van der Waals surface area contributed by atoms with E-state index in [0.717, 1.165) is 0 Å². The van der Waals surface area contributed by atoms with Gasteiger partial charge in [-0.05, 0) is 43.3 Å². The van der Waals surface area contributed by atoms with Crippen molar-refractivity contribution in [2.45, 2.75) is 17.6 Å². The van der Waals surface area contributed by atoms with Crippen LogP contribution in [0.5, 0.6) is 5.75 Å². The molecule has 0 spiro atoms. The lowest BCUT2D eigenvalue weighted by molar-refractivity contribution is 0.101. The molecule has 4 nitrogen and oxygen atoms in total. The van der Waals surface area contributed by atoms with E-state index in [1.54, 1.807) is 12.1 Å². The molecular formula is C15H13ClO4S. The first-order chi connectivity index (χ1) is 9.79. The van der Waals surface area contributed by atoms with Crippen LogP contribution in [0.2, 0.25) is 5.02 Å². The van der Waals surface area contributed by atoms with E-state index in [0.29, 0.717) is 10.6 Å². The van der Waals surface area contributed by atoms with Crippen LogP contribution in [0.1, 0.15) is 22.8 Å². The fourth-order valence-corrected chi connectivity index (χ4v) is 3.52. The van der Waals surface area contributed by atoms with Gasteiger partial charge < -0.3 is 5.11 Å². The molecule has 1 N–H and O–H groups in total. The Labute approximate surface area is 127 Å². The second kappa shape index (κ2) is 5.87. The average molecular weight is 325 g/mol. The first-order valence-corrected chi connectivity index (χ1v) is 8.14. The van der Waals surface area contributed by atoms with Gasteiger partial charge in [0.05, 0.1) is 10.6 Å². The lowest BCUT2D eigenvalue weighted by Gasteiger charge is -2.08. The summed E-state index contributed by atoms with van der Waals surface area (Å²) in [5.41, 5.74) is 0.534. The molecule has 21 heavy (non-hydrogen) atoms. The van der Waals surface area contributed by atoms with E-state index < -0.39 is 15.6 Å². The van der Waals surface area contributed by atoms with Crippen LogP contribution < -0.4 is 0 Å². The molecule has 2 rings (SSSR count). The molecule has 2 aromatic rings. The molecule has 0 radical (unpaired) electrons. The van der Waals surface area contributed by atoms with Gasteiger partial charge in [-0.1, -0.05) is 17.7 Å². The minimum Gasteiger partial charge on any atom is -0.508 e. The summed E-state index contributed by atoms with van der Waals surface area (Å²) >= 11 is 5.79. The van der Waals surface area contributed by atoms with Crippen molar-refractivity contribution in [1.82, 2.24) is 0 Å². The second-order valence-corrected chi connectivity index (χ2v) is 7.04. The second-order valence-electron chi connectivity index (χ2n) is 4.62. The molecule has 0 aliphatic carbocycles. The van der Waals surface area contributed by atoms with Crippen molar-refractivity contribution in [2.75, 3.05) is 0 Å². The third kappa shape index (κ3) is 3.62. The normalized spacial score (nSPS) is 11.3. The van der Waals surface area contributed by atoms with Crippen LogP contribution in [0.15, 0.2) is 47.4 Å². The predicted molar refractivity (Wildman–Crippen MR) is 80.5 cm³/mol. The first kappa shape index (κ1) is 15.5. The standard InChI is InChI=1S/C15H13ClO4S/c1-10(17)11-5-6-15(18)12(7-11)9-21(19,20)14-4-2-3-13(16)8-14/h2-8,18H,9H2,1H3. The summed E-state index contributed by atoms with van der Waals surface area (Å²) in [6.07, 6.45) is 0. The maximum absolute atomic E-state index is 12.3. The van der Waals surface area contributed by atoms with Crippen LogP contribution in [0.25, 0.3) is 0 Å². The highest BCUT2D eigenvalue weighted by Gasteiger charge is 2.18. The number of carbonyl (C=O) groups is 1. The Balaban J connectivity index is 2.41. The van der Waals surface area contributed by atoms with Crippen molar-refractivity contribution in [3.05, 3.63) is 58.6 Å². The van der Waals surface area contributed by atoms with Gasteiger partial charge in [0.25, 0.3) is 0 Å². The number of phenols is 1. The lowest BCUT2D eigenvalue weighted by atomic mass is 10.1. The molecular weight excluding hydrogens is 312 g/mol. The third-order valence-corrected chi connectivity index (χ3v) is 4.89. The Morgan fingerprint density at radius 2 is 1.90 bits per heavy atom. The molecule has 0 amide bonds. The van der Waals surface area contributed by atoms with Gasteiger partial charge in [-0.3, -0.25) is 4.79 Å². The van der Waals surface area contributed by atoms with Gasteiger partial charge in [0.2, 0.25) is 0 Å². The Bertz CT molecular complexity index is 797. The number of Topliss-reactive ketones (excluding diaryl/α,β-unsaturated/α-hetero) is 1. The number of phenolic OH excluding ortho intramolecular Hbond substituents is 1.